The zero-order valence-corrected chi connectivity index (χ0v) is 15.2. The summed E-state index contributed by atoms with van der Waals surface area (Å²) in [4.78, 5) is 2.43. The normalized spacial score (nSPS) is 20.6. The number of hydrogen-bond donors (Lipinski definition) is 2. The van der Waals surface area contributed by atoms with Crippen molar-refractivity contribution in [3.63, 3.8) is 0 Å². The molecule has 6 heteroatoms. The standard InChI is InChI=1S/C17H25FN2O.2ClH/c1-12-6-7-14(17(21)15(12)18)16(13-4-2-3-5-13)20-10-8-19-9-11-20;;/h6-7,13,16,19,21H,2-5,8-11H2,1H3;2*1H/t16-;;/m1../s1. The van der Waals surface area contributed by atoms with E-state index in [0.29, 0.717) is 11.5 Å². The Balaban J connectivity index is 0.00000132. The van der Waals surface area contributed by atoms with E-state index in [2.05, 4.69) is 10.2 Å². The molecule has 0 unspecified atom stereocenters. The fourth-order valence-electron chi connectivity index (χ4n) is 3.90. The summed E-state index contributed by atoms with van der Waals surface area (Å²) in [6.45, 7) is 5.58. The molecular formula is C17H27Cl2FN2O. The number of benzene rings is 1. The molecular weight excluding hydrogens is 338 g/mol. The van der Waals surface area contributed by atoms with Crippen LogP contribution in [0.3, 0.4) is 0 Å². The van der Waals surface area contributed by atoms with E-state index in [1.165, 1.54) is 25.7 Å². The molecule has 1 aromatic rings. The van der Waals surface area contributed by atoms with Gasteiger partial charge in [0.05, 0.1) is 0 Å². The van der Waals surface area contributed by atoms with Gasteiger partial charge in [-0.05, 0) is 31.2 Å². The van der Waals surface area contributed by atoms with Crippen molar-refractivity contribution < 1.29 is 9.50 Å². The SMILES string of the molecule is Cc1ccc([C@@H](C2CCCC2)N2CCNCC2)c(O)c1F.Cl.Cl. The van der Waals surface area contributed by atoms with E-state index in [0.717, 1.165) is 31.7 Å². The lowest BCUT2D eigenvalue weighted by molar-refractivity contribution is 0.123. The van der Waals surface area contributed by atoms with Gasteiger partial charge in [-0.25, -0.2) is 4.39 Å². The molecule has 2 N–H and O–H groups in total. The molecule has 0 aromatic heterocycles. The first-order valence-electron chi connectivity index (χ1n) is 8.11. The molecule has 0 radical (unpaired) electrons. The molecule has 3 nitrogen and oxygen atoms in total. The van der Waals surface area contributed by atoms with Crippen molar-refractivity contribution in [3.05, 3.63) is 29.1 Å². The quantitative estimate of drug-likeness (QED) is 0.855. The first-order valence-corrected chi connectivity index (χ1v) is 8.11. The summed E-state index contributed by atoms with van der Waals surface area (Å²) in [6, 6.07) is 3.89. The van der Waals surface area contributed by atoms with Gasteiger partial charge in [-0.3, -0.25) is 4.90 Å². The van der Waals surface area contributed by atoms with E-state index in [-0.39, 0.29) is 36.6 Å². The van der Waals surface area contributed by atoms with Crippen LogP contribution in [-0.4, -0.2) is 36.2 Å². The summed E-state index contributed by atoms with van der Waals surface area (Å²) in [5.41, 5.74) is 1.30. The van der Waals surface area contributed by atoms with Crippen molar-refractivity contribution in [2.75, 3.05) is 26.2 Å². The van der Waals surface area contributed by atoms with Gasteiger partial charge in [0.25, 0.3) is 0 Å². The Morgan fingerprint density at radius 1 is 1.17 bits per heavy atom. The highest BCUT2D eigenvalue weighted by atomic mass is 35.5. The predicted molar refractivity (Wildman–Crippen MR) is 96.4 cm³/mol. The Morgan fingerprint density at radius 3 is 2.39 bits per heavy atom. The Kier molecular flexibility index (Phi) is 8.08. The molecule has 2 fully saturated rings. The summed E-state index contributed by atoms with van der Waals surface area (Å²) >= 11 is 0. The van der Waals surface area contributed by atoms with Crippen LogP contribution >= 0.6 is 24.8 Å². The van der Waals surface area contributed by atoms with Crippen molar-refractivity contribution in [1.82, 2.24) is 10.2 Å². The van der Waals surface area contributed by atoms with Crippen LogP contribution in [0.1, 0.15) is 42.9 Å². The number of phenols is 1. The van der Waals surface area contributed by atoms with E-state index in [4.69, 9.17) is 0 Å². The third-order valence-corrected chi connectivity index (χ3v) is 5.05. The highest BCUT2D eigenvalue weighted by molar-refractivity contribution is 5.85. The van der Waals surface area contributed by atoms with Gasteiger partial charge in [0.1, 0.15) is 0 Å². The average molecular weight is 365 g/mol. The molecule has 1 aromatic carbocycles. The maximum Gasteiger partial charge on any atom is 0.168 e. The van der Waals surface area contributed by atoms with Gasteiger partial charge in [-0.1, -0.05) is 25.0 Å². The smallest absolute Gasteiger partial charge is 0.168 e. The molecule has 0 bridgehead atoms. The van der Waals surface area contributed by atoms with Crippen molar-refractivity contribution in [1.29, 1.82) is 0 Å². The van der Waals surface area contributed by atoms with Crippen molar-refractivity contribution in [2.24, 2.45) is 5.92 Å². The van der Waals surface area contributed by atoms with Crippen LogP contribution in [0, 0.1) is 18.7 Å². The largest absolute Gasteiger partial charge is 0.505 e. The summed E-state index contributed by atoms with van der Waals surface area (Å²) < 4.78 is 14.1. The summed E-state index contributed by atoms with van der Waals surface area (Å²) in [7, 11) is 0. The van der Waals surface area contributed by atoms with E-state index < -0.39 is 5.82 Å². The maximum absolute atomic E-state index is 14.1. The Morgan fingerprint density at radius 2 is 1.78 bits per heavy atom. The summed E-state index contributed by atoms with van der Waals surface area (Å²) in [6.07, 6.45) is 4.87. The predicted octanol–water partition coefficient (Wildman–Crippen LogP) is 3.82. The fourth-order valence-corrected chi connectivity index (χ4v) is 3.90. The number of nitrogens with one attached hydrogen (secondary N) is 1. The highest BCUT2D eigenvalue weighted by Gasteiger charge is 2.34. The van der Waals surface area contributed by atoms with Crippen LogP contribution in [0.4, 0.5) is 4.39 Å². The molecule has 2 aliphatic rings. The minimum atomic E-state index is -0.453. The minimum absolute atomic E-state index is 0. The van der Waals surface area contributed by atoms with Crippen molar-refractivity contribution in [2.45, 2.75) is 38.6 Å². The third-order valence-electron chi connectivity index (χ3n) is 5.05. The maximum atomic E-state index is 14.1. The van der Waals surface area contributed by atoms with Crippen LogP contribution in [0.15, 0.2) is 12.1 Å². The monoisotopic (exact) mass is 364 g/mol. The minimum Gasteiger partial charge on any atom is -0.505 e. The van der Waals surface area contributed by atoms with Crippen LogP contribution in [-0.2, 0) is 0 Å². The summed E-state index contributed by atoms with van der Waals surface area (Å²) in [5.74, 6) is -0.0489. The molecule has 1 aliphatic heterocycles. The van der Waals surface area contributed by atoms with Crippen LogP contribution < -0.4 is 5.32 Å². The molecule has 1 aliphatic carbocycles. The fraction of sp³-hybridized carbons (Fsp3) is 0.647. The lowest BCUT2D eigenvalue weighted by atomic mass is 9.88. The van der Waals surface area contributed by atoms with Crippen molar-refractivity contribution >= 4 is 24.8 Å². The zero-order chi connectivity index (χ0) is 14.8. The van der Waals surface area contributed by atoms with Gasteiger partial charge in [0.2, 0.25) is 0 Å². The Bertz CT molecular complexity index is 504. The Labute approximate surface area is 150 Å². The average Bonchev–Trinajstić information content (AvgIpc) is 3.03. The lowest BCUT2D eigenvalue weighted by Gasteiger charge is -2.39. The van der Waals surface area contributed by atoms with Crippen LogP contribution in [0.2, 0.25) is 0 Å². The molecule has 132 valence electrons. The number of rotatable bonds is 3. The Hall–Kier alpha value is -0.550. The first-order chi connectivity index (χ1) is 10.2. The molecule has 1 atom stereocenters. The second-order valence-corrected chi connectivity index (χ2v) is 6.41. The van der Waals surface area contributed by atoms with Gasteiger partial charge in [0, 0.05) is 37.8 Å². The number of aromatic hydroxyl groups is 1. The van der Waals surface area contributed by atoms with Gasteiger partial charge in [-0.15, -0.1) is 24.8 Å². The van der Waals surface area contributed by atoms with Crippen molar-refractivity contribution in [3.8, 4) is 5.75 Å². The van der Waals surface area contributed by atoms with Crippen LogP contribution in [0.5, 0.6) is 5.75 Å². The van der Waals surface area contributed by atoms with Crippen LogP contribution in [0.25, 0.3) is 0 Å². The second kappa shape index (κ2) is 9.07. The van der Waals surface area contributed by atoms with E-state index in [1.807, 2.05) is 6.07 Å². The van der Waals surface area contributed by atoms with E-state index in [1.54, 1.807) is 13.0 Å². The zero-order valence-electron chi connectivity index (χ0n) is 13.6. The van der Waals surface area contributed by atoms with Gasteiger partial charge in [0.15, 0.2) is 11.6 Å². The molecule has 1 saturated heterocycles. The number of piperazine rings is 1. The third kappa shape index (κ3) is 4.30. The molecule has 3 rings (SSSR count). The molecule has 23 heavy (non-hydrogen) atoms. The topological polar surface area (TPSA) is 35.5 Å². The number of phenolic OH excluding ortho intramolecular Hbond substituents is 1. The lowest BCUT2D eigenvalue weighted by Crippen LogP contribution is -2.46. The van der Waals surface area contributed by atoms with E-state index in [9.17, 15) is 9.50 Å². The van der Waals surface area contributed by atoms with Gasteiger partial charge < -0.3 is 10.4 Å². The number of aryl methyl sites for hydroxylation is 1. The van der Waals surface area contributed by atoms with Gasteiger partial charge in [-0.2, -0.15) is 0 Å². The summed E-state index contributed by atoms with van der Waals surface area (Å²) in [5, 5.41) is 13.7. The highest BCUT2D eigenvalue weighted by Crippen LogP contribution is 2.43. The second-order valence-electron chi connectivity index (χ2n) is 6.41. The number of hydrogen-bond acceptors (Lipinski definition) is 3. The number of nitrogens with zero attached hydrogens (tertiary/aromatic N) is 1. The number of halogens is 3. The molecule has 1 saturated carbocycles. The molecule has 0 amide bonds. The van der Waals surface area contributed by atoms with E-state index >= 15 is 0 Å². The molecule has 0 spiro atoms. The van der Waals surface area contributed by atoms with Gasteiger partial charge >= 0.3 is 0 Å². The molecule has 1 heterocycles. The first kappa shape index (κ1) is 20.5.